The molecule has 0 heterocycles. The van der Waals surface area contributed by atoms with E-state index in [2.05, 4.69) is 32.7 Å². The number of hydrogen-bond acceptors (Lipinski definition) is 3. The number of carbonyl (C=O) groups is 1. The number of ether oxygens (including phenoxy) is 1. The van der Waals surface area contributed by atoms with E-state index >= 15 is 0 Å². The molecule has 0 saturated carbocycles. The molecule has 0 aromatic carbocycles. The minimum absolute atomic E-state index is 0.0884. The molecule has 3 heteroatoms. The van der Waals surface area contributed by atoms with Crippen LogP contribution in [0.4, 0.5) is 0 Å². The van der Waals surface area contributed by atoms with Crippen LogP contribution in [0, 0.1) is 5.92 Å². The number of carbonyl (C=O) groups excluding carboxylic acids is 1. The SMILES string of the molecule is CC(C)C(=O)COCCCCCN(C)C(C)(C)C. The van der Waals surface area contributed by atoms with Gasteiger partial charge in [-0.1, -0.05) is 13.8 Å². The van der Waals surface area contributed by atoms with E-state index in [1.165, 1.54) is 6.42 Å². The van der Waals surface area contributed by atoms with Crippen LogP contribution in [0.2, 0.25) is 0 Å². The van der Waals surface area contributed by atoms with E-state index < -0.39 is 0 Å². The summed E-state index contributed by atoms with van der Waals surface area (Å²) in [6.45, 7) is 12.6. The average molecular weight is 257 g/mol. The van der Waals surface area contributed by atoms with Crippen LogP contribution >= 0.6 is 0 Å². The lowest BCUT2D eigenvalue weighted by Crippen LogP contribution is -2.38. The Morgan fingerprint density at radius 2 is 1.78 bits per heavy atom. The second kappa shape index (κ2) is 8.65. The van der Waals surface area contributed by atoms with Gasteiger partial charge in [-0.2, -0.15) is 0 Å². The lowest BCUT2D eigenvalue weighted by atomic mass is 10.1. The van der Waals surface area contributed by atoms with E-state index in [0.29, 0.717) is 6.61 Å². The first kappa shape index (κ1) is 17.6. The molecule has 0 rings (SSSR count). The van der Waals surface area contributed by atoms with E-state index in [-0.39, 0.29) is 23.8 Å². The lowest BCUT2D eigenvalue weighted by Gasteiger charge is -2.31. The Morgan fingerprint density at radius 1 is 1.17 bits per heavy atom. The van der Waals surface area contributed by atoms with Gasteiger partial charge >= 0.3 is 0 Å². The zero-order chi connectivity index (χ0) is 14.2. The first-order valence-corrected chi connectivity index (χ1v) is 7.07. The van der Waals surface area contributed by atoms with Crippen LogP contribution in [-0.4, -0.2) is 43.0 Å². The Labute approximate surface area is 113 Å². The van der Waals surface area contributed by atoms with Crippen molar-refractivity contribution in [1.29, 1.82) is 0 Å². The van der Waals surface area contributed by atoms with Crippen LogP contribution in [-0.2, 0) is 9.53 Å². The molecule has 0 radical (unpaired) electrons. The van der Waals surface area contributed by atoms with E-state index in [9.17, 15) is 4.79 Å². The van der Waals surface area contributed by atoms with Crippen molar-refractivity contribution in [2.75, 3.05) is 26.8 Å². The zero-order valence-electron chi connectivity index (χ0n) is 13.1. The molecule has 0 aliphatic heterocycles. The normalized spacial score (nSPS) is 12.4. The van der Waals surface area contributed by atoms with Crippen LogP contribution in [0.3, 0.4) is 0 Å². The number of nitrogens with zero attached hydrogens (tertiary/aromatic N) is 1. The third-order valence-corrected chi connectivity index (χ3v) is 3.32. The smallest absolute Gasteiger partial charge is 0.160 e. The van der Waals surface area contributed by atoms with Gasteiger partial charge in [0.2, 0.25) is 0 Å². The van der Waals surface area contributed by atoms with E-state index in [1.807, 2.05) is 13.8 Å². The van der Waals surface area contributed by atoms with Crippen molar-refractivity contribution >= 4 is 5.78 Å². The highest BCUT2D eigenvalue weighted by atomic mass is 16.5. The monoisotopic (exact) mass is 257 g/mol. The Morgan fingerprint density at radius 3 is 2.28 bits per heavy atom. The second-order valence-corrected chi connectivity index (χ2v) is 6.33. The summed E-state index contributed by atoms with van der Waals surface area (Å²) in [6.07, 6.45) is 3.40. The van der Waals surface area contributed by atoms with E-state index in [4.69, 9.17) is 4.74 Å². The maximum Gasteiger partial charge on any atom is 0.160 e. The third-order valence-electron chi connectivity index (χ3n) is 3.32. The van der Waals surface area contributed by atoms with Crippen molar-refractivity contribution in [3.8, 4) is 0 Å². The summed E-state index contributed by atoms with van der Waals surface area (Å²) in [4.78, 5) is 13.7. The van der Waals surface area contributed by atoms with Gasteiger partial charge in [0.25, 0.3) is 0 Å². The maximum absolute atomic E-state index is 11.3. The van der Waals surface area contributed by atoms with Crippen molar-refractivity contribution in [2.45, 2.75) is 59.4 Å². The summed E-state index contributed by atoms with van der Waals surface area (Å²) in [5, 5.41) is 0. The van der Waals surface area contributed by atoms with Gasteiger partial charge in [0.1, 0.15) is 6.61 Å². The maximum atomic E-state index is 11.3. The van der Waals surface area contributed by atoms with E-state index in [1.54, 1.807) is 0 Å². The van der Waals surface area contributed by atoms with Crippen LogP contribution in [0.1, 0.15) is 53.9 Å². The van der Waals surface area contributed by atoms with Crippen LogP contribution in [0.15, 0.2) is 0 Å². The molecule has 108 valence electrons. The summed E-state index contributed by atoms with van der Waals surface area (Å²) in [7, 11) is 2.16. The number of ketones is 1. The highest BCUT2D eigenvalue weighted by molar-refractivity contribution is 5.81. The standard InChI is InChI=1S/C15H31NO2/c1-13(2)14(17)12-18-11-9-7-8-10-16(6)15(3,4)5/h13H,7-12H2,1-6H3. The summed E-state index contributed by atoms with van der Waals surface area (Å²) in [5.74, 6) is 0.285. The number of Topliss-reactive ketones (excluding diaryl/α,β-unsaturated/α-hetero) is 1. The molecule has 0 fully saturated rings. The van der Waals surface area contributed by atoms with Crippen molar-refractivity contribution in [1.82, 2.24) is 4.90 Å². The fourth-order valence-electron chi connectivity index (χ4n) is 1.40. The van der Waals surface area contributed by atoms with Crippen molar-refractivity contribution in [3.63, 3.8) is 0 Å². The van der Waals surface area contributed by atoms with Gasteiger partial charge in [0.05, 0.1) is 0 Å². The van der Waals surface area contributed by atoms with E-state index in [0.717, 1.165) is 19.4 Å². The highest BCUT2D eigenvalue weighted by Gasteiger charge is 2.15. The summed E-state index contributed by atoms with van der Waals surface area (Å²) >= 11 is 0. The van der Waals surface area contributed by atoms with Crippen molar-refractivity contribution < 1.29 is 9.53 Å². The van der Waals surface area contributed by atoms with Gasteiger partial charge in [-0.3, -0.25) is 4.79 Å². The topological polar surface area (TPSA) is 29.5 Å². The fraction of sp³-hybridized carbons (Fsp3) is 0.933. The molecule has 18 heavy (non-hydrogen) atoms. The average Bonchev–Trinajstić information content (AvgIpc) is 2.25. The van der Waals surface area contributed by atoms with Crippen LogP contribution in [0.5, 0.6) is 0 Å². The first-order valence-electron chi connectivity index (χ1n) is 7.07. The minimum Gasteiger partial charge on any atom is -0.374 e. The summed E-state index contributed by atoms with van der Waals surface area (Å²) in [6, 6.07) is 0. The van der Waals surface area contributed by atoms with Gasteiger partial charge in [-0.05, 0) is 53.6 Å². The van der Waals surface area contributed by atoms with Crippen molar-refractivity contribution in [3.05, 3.63) is 0 Å². The Kier molecular flexibility index (Phi) is 8.45. The number of hydrogen-bond donors (Lipinski definition) is 0. The van der Waals surface area contributed by atoms with Gasteiger partial charge in [-0.15, -0.1) is 0 Å². The largest absolute Gasteiger partial charge is 0.374 e. The molecule has 0 aliphatic carbocycles. The molecule has 0 spiro atoms. The Hall–Kier alpha value is -0.410. The number of rotatable bonds is 9. The highest BCUT2D eigenvalue weighted by Crippen LogP contribution is 2.11. The fourth-order valence-corrected chi connectivity index (χ4v) is 1.40. The summed E-state index contributed by atoms with van der Waals surface area (Å²) < 4.78 is 5.37. The number of unbranched alkanes of at least 4 members (excludes halogenated alkanes) is 2. The Bertz CT molecular complexity index is 231. The van der Waals surface area contributed by atoms with Gasteiger partial charge in [0, 0.05) is 18.1 Å². The summed E-state index contributed by atoms with van der Waals surface area (Å²) in [5.41, 5.74) is 0.250. The van der Waals surface area contributed by atoms with Gasteiger partial charge < -0.3 is 9.64 Å². The van der Waals surface area contributed by atoms with Crippen LogP contribution < -0.4 is 0 Å². The molecule has 0 aromatic rings. The Balaban J connectivity index is 3.40. The molecular formula is C15H31NO2. The lowest BCUT2D eigenvalue weighted by molar-refractivity contribution is -0.126. The minimum atomic E-state index is 0.0884. The van der Waals surface area contributed by atoms with Crippen LogP contribution in [0.25, 0.3) is 0 Å². The molecule has 0 atom stereocenters. The molecule has 0 unspecified atom stereocenters. The van der Waals surface area contributed by atoms with Crippen molar-refractivity contribution in [2.24, 2.45) is 5.92 Å². The first-order chi connectivity index (χ1) is 8.25. The molecule has 0 aliphatic rings. The third kappa shape index (κ3) is 8.65. The molecule has 0 aromatic heterocycles. The van der Waals surface area contributed by atoms with Gasteiger partial charge in [0.15, 0.2) is 5.78 Å². The predicted molar refractivity (Wildman–Crippen MR) is 76.9 cm³/mol. The molecule has 0 saturated heterocycles. The molecule has 0 bridgehead atoms. The molecule has 0 amide bonds. The second-order valence-electron chi connectivity index (χ2n) is 6.33. The van der Waals surface area contributed by atoms with Gasteiger partial charge in [-0.25, -0.2) is 0 Å². The molecule has 3 nitrogen and oxygen atoms in total. The quantitative estimate of drug-likeness (QED) is 0.594. The zero-order valence-corrected chi connectivity index (χ0v) is 13.1. The molecule has 0 N–H and O–H groups in total. The molecular weight excluding hydrogens is 226 g/mol. The predicted octanol–water partition coefficient (Wildman–Crippen LogP) is 3.13.